The number of sulfone groups is 1. The van der Waals surface area contributed by atoms with Crippen molar-refractivity contribution in [3.05, 3.63) is 0 Å². The highest BCUT2D eigenvalue weighted by Gasteiger charge is 2.28. The first-order valence-electron chi connectivity index (χ1n) is 6.28. The Hall–Kier alpha value is -0.130. The Morgan fingerprint density at radius 1 is 1.35 bits per heavy atom. The van der Waals surface area contributed by atoms with Crippen LogP contribution in [0.4, 0.5) is 0 Å². The highest BCUT2D eigenvalue weighted by atomic mass is 32.2. The molecule has 1 aliphatic heterocycles. The van der Waals surface area contributed by atoms with Crippen LogP contribution in [0.2, 0.25) is 0 Å². The first-order valence-corrected chi connectivity index (χ1v) is 7.94. The van der Waals surface area contributed by atoms with Crippen LogP contribution in [0.25, 0.3) is 0 Å². The molecule has 0 saturated carbocycles. The molecule has 17 heavy (non-hydrogen) atoms. The maximum Gasteiger partial charge on any atom is 0.156 e. The molecule has 1 saturated heterocycles. The summed E-state index contributed by atoms with van der Waals surface area (Å²) in [6.45, 7) is 9.52. The van der Waals surface area contributed by atoms with Crippen molar-refractivity contribution in [1.29, 1.82) is 0 Å². The van der Waals surface area contributed by atoms with Gasteiger partial charge in [-0.15, -0.1) is 0 Å². The van der Waals surface area contributed by atoms with E-state index >= 15 is 0 Å². The number of nitrogens with one attached hydrogen (secondary N) is 1. The molecule has 2 atom stereocenters. The molecule has 0 radical (unpaired) electrons. The summed E-state index contributed by atoms with van der Waals surface area (Å²) in [6.07, 6.45) is 1.36. The molecule has 1 aliphatic rings. The summed E-state index contributed by atoms with van der Waals surface area (Å²) in [7, 11) is -3.00. The summed E-state index contributed by atoms with van der Waals surface area (Å²) in [5, 5.41) is 3.23. The molecule has 0 aliphatic carbocycles. The summed E-state index contributed by atoms with van der Waals surface area (Å²) >= 11 is 0. The van der Waals surface area contributed by atoms with E-state index in [4.69, 9.17) is 4.74 Å². The normalized spacial score (nSPS) is 26.4. The van der Waals surface area contributed by atoms with Crippen molar-refractivity contribution in [1.82, 2.24) is 5.32 Å². The Bertz CT molecular complexity index is 332. The van der Waals surface area contributed by atoms with Gasteiger partial charge in [-0.3, -0.25) is 0 Å². The van der Waals surface area contributed by atoms with Gasteiger partial charge in [-0.25, -0.2) is 8.42 Å². The van der Waals surface area contributed by atoms with Crippen molar-refractivity contribution >= 4 is 9.84 Å². The van der Waals surface area contributed by atoms with E-state index in [1.165, 1.54) is 0 Å². The van der Waals surface area contributed by atoms with Gasteiger partial charge >= 0.3 is 0 Å². The Morgan fingerprint density at radius 3 is 2.47 bits per heavy atom. The minimum atomic E-state index is -3.00. The van der Waals surface area contributed by atoms with Gasteiger partial charge in [0.1, 0.15) is 0 Å². The molecule has 1 fully saturated rings. The second-order valence-electron chi connectivity index (χ2n) is 5.76. The van der Waals surface area contributed by atoms with Gasteiger partial charge in [0, 0.05) is 19.7 Å². The Kier molecular flexibility index (Phi) is 4.98. The SMILES string of the molecule is CC1OCCC1CNCCS(=O)(=O)C(C)(C)C. The predicted octanol–water partition coefficient (Wildman–Crippen LogP) is 1.21. The molecular formula is C12H25NO3S. The summed E-state index contributed by atoms with van der Waals surface area (Å²) < 4.78 is 28.5. The lowest BCUT2D eigenvalue weighted by Crippen LogP contribution is -2.36. The lowest BCUT2D eigenvalue weighted by molar-refractivity contribution is 0.106. The van der Waals surface area contributed by atoms with E-state index < -0.39 is 14.6 Å². The van der Waals surface area contributed by atoms with E-state index in [2.05, 4.69) is 12.2 Å². The third-order valence-corrected chi connectivity index (χ3v) is 6.03. The van der Waals surface area contributed by atoms with Crippen LogP contribution in [0.5, 0.6) is 0 Å². The molecule has 4 nitrogen and oxygen atoms in total. The molecule has 0 amide bonds. The van der Waals surface area contributed by atoms with Crippen molar-refractivity contribution in [3.8, 4) is 0 Å². The van der Waals surface area contributed by atoms with Gasteiger partial charge in [-0.2, -0.15) is 0 Å². The second-order valence-corrected chi connectivity index (χ2v) is 8.62. The van der Waals surface area contributed by atoms with Crippen LogP contribution in [0.1, 0.15) is 34.1 Å². The molecule has 0 aromatic carbocycles. The number of hydrogen-bond acceptors (Lipinski definition) is 4. The van der Waals surface area contributed by atoms with E-state index in [0.29, 0.717) is 18.6 Å². The Balaban J connectivity index is 2.25. The van der Waals surface area contributed by atoms with Crippen molar-refractivity contribution in [2.24, 2.45) is 5.92 Å². The van der Waals surface area contributed by atoms with E-state index in [1.807, 2.05) is 0 Å². The number of hydrogen-bond donors (Lipinski definition) is 1. The monoisotopic (exact) mass is 263 g/mol. The van der Waals surface area contributed by atoms with E-state index in [-0.39, 0.29) is 5.75 Å². The van der Waals surface area contributed by atoms with Crippen LogP contribution in [-0.4, -0.2) is 44.7 Å². The van der Waals surface area contributed by atoms with Gasteiger partial charge in [0.2, 0.25) is 0 Å². The van der Waals surface area contributed by atoms with E-state index in [1.54, 1.807) is 20.8 Å². The van der Waals surface area contributed by atoms with Crippen LogP contribution < -0.4 is 5.32 Å². The fourth-order valence-corrected chi connectivity index (χ4v) is 2.87. The van der Waals surface area contributed by atoms with Gasteiger partial charge in [0.05, 0.1) is 16.6 Å². The first kappa shape index (κ1) is 14.9. The summed E-state index contributed by atoms with van der Waals surface area (Å²) in [5.41, 5.74) is 0. The summed E-state index contributed by atoms with van der Waals surface area (Å²) in [5.74, 6) is 0.727. The molecule has 1 rings (SSSR count). The Morgan fingerprint density at radius 2 is 2.00 bits per heavy atom. The minimum absolute atomic E-state index is 0.207. The predicted molar refractivity (Wildman–Crippen MR) is 69.9 cm³/mol. The highest BCUT2D eigenvalue weighted by molar-refractivity contribution is 7.92. The lowest BCUT2D eigenvalue weighted by Gasteiger charge is -2.20. The van der Waals surface area contributed by atoms with Gasteiger partial charge < -0.3 is 10.1 Å². The summed E-state index contributed by atoms with van der Waals surface area (Å²) in [4.78, 5) is 0. The second kappa shape index (κ2) is 5.67. The zero-order chi connectivity index (χ0) is 13.1. The fraction of sp³-hybridized carbons (Fsp3) is 1.00. The Labute approximate surface area is 105 Å². The maximum atomic E-state index is 11.8. The average Bonchev–Trinajstić information content (AvgIpc) is 2.57. The minimum Gasteiger partial charge on any atom is -0.378 e. The molecule has 5 heteroatoms. The van der Waals surface area contributed by atoms with Crippen molar-refractivity contribution in [2.75, 3.05) is 25.4 Å². The molecule has 1 N–H and O–H groups in total. The molecule has 1 heterocycles. The van der Waals surface area contributed by atoms with Crippen LogP contribution in [0.3, 0.4) is 0 Å². The molecule has 0 aromatic heterocycles. The molecule has 0 aromatic rings. The van der Waals surface area contributed by atoms with Gasteiger partial charge in [0.25, 0.3) is 0 Å². The molecule has 0 spiro atoms. The van der Waals surface area contributed by atoms with Crippen LogP contribution in [0.15, 0.2) is 0 Å². The third-order valence-electron chi connectivity index (χ3n) is 3.42. The van der Waals surface area contributed by atoms with E-state index in [0.717, 1.165) is 19.6 Å². The maximum absolute atomic E-state index is 11.8. The van der Waals surface area contributed by atoms with Crippen molar-refractivity contribution < 1.29 is 13.2 Å². The molecule has 2 unspecified atom stereocenters. The molecule has 102 valence electrons. The first-order chi connectivity index (χ1) is 7.74. The van der Waals surface area contributed by atoms with Gasteiger partial charge in [-0.1, -0.05) is 0 Å². The van der Waals surface area contributed by atoms with Gasteiger partial charge in [-0.05, 0) is 40.0 Å². The standard InChI is InChI=1S/C12H25NO3S/c1-10-11(5-7-16-10)9-13-6-8-17(14,15)12(2,3)4/h10-11,13H,5-9H2,1-4H3. The third kappa shape index (κ3) is 4.23. The zero-order valence-electron chi connectivity index (χ0n) is 11.3. The van der Waals surface area contributed by atoms with Gasteiger partial charge in [0.15, 0.2) is 9.84 Å². The summed E-state index contributed by atoms with van der Waals surface area (Å²) in [6, 6.07) is 0. The average molecular weight is 263 g/mol. The molecule has 0 bridgehead atoms. The fourth-order valence-electron chi connectivity index (χ4n) is 1.84. The number of rotatable bonds is 5. The van der Waals surface area contributed by atoms with Crippen molar-refractivity contribution in [3.63, 3.8) is 0 Å². The largest absolute Gasteiger partial charge is 0.378 e. The lowest BCUT2D eigenvalue weighted by atomic mass is 10.0. The topological polar surface area (TPSA) is 55.4 Å². The number of ether oxygens (including phenoxy) is 1. The highest BCUT2D eigenvalue weighted by Crippen LogP contribution is 2.19. The zero-order valence-corrected chi connectivity index (χ0v) is 12.1. The van der Waals surface area contributed by atoms with E-state index in [9.17, 15) is 8.42 Å². The van der Waals surface area contributed by atoms with Crippen molar-refractivity contribution in [2.45, 2.75) is 45.0 Å². The molecular weight excluding hydrogens is 238 g/mol. The van der Waals surface area contributed by atoms with Crippen LogP contribution in [0, 0.1) is 5.92 Å². The smallest absolute Gasteiger partial charge is 0.156 e. The van der Waals surface area contributed by atoms with Crippen LogP contribution >= 0.6 is 0 Å². The van der Waals surface area contributed by atoms with Crippen LogP contribution in [-0.2, 0) is 14.6 Å². The quantitative estimate of drug-likeness (QED) is 0.758.